The minimum atomic E-state index is -0.906. The molecule has 1 aliphatic carbocycles. The molecule has 5 amide bonds. The molecule has 4 aliphatic heterocycles. The maximum atomic E-state index is 16.3. The van der Waals surface area contributed by atoms with Crippen LogP contribution in [0, 0.1) is 29.0 Å². The van der Waals surface area contributed by atoms with Gasteiger partial charge in [0.1, 0.15) is 17.6 Å². The molecule has 4 aromatic carbocycles. The molecule has 4 heterocycles. The van der Waals surface area contributed by atoms with Crippen LogP contribution in [0.25, 0.3) is 0 Å². The van der Waals surface area contributed by atoms with E-state index in [-0.39, 0.29) is 71.3 Å². The number of anilines is 2. The molecule has 2 saturated heterocycles. The average Bonchev–Trinajstić information content (AvgIpc) is 3.94. The second kappa shape index (κ2) is 18.3. The number of piperidine rings is 1. The van der Waals surface area contributed by atoms with E-state index in [9.17, 15) is 24.0 Å². The Morgan fingerprint density at radius 2 is 1.81 bits per heavy atom. The highest BCUT2D eigenvalue weighted by atomic mass is 35.5. The Hall–Kier alpha value is -5.94. The van der Waals surface area contributed by atoms with Crippen LogP contribution in [0.2, 0.25) is 10.0 Å². The van der Waals surface area contributed by atoms with Gasteiger partial charge in [-0.05, 0) is 103 Å². The molecule has 7 atom stereocenters. The molecule has 12 nitrogen and oxygen atoms in total. The van der Waals surface area contributed by atoms with Crippen molar-refractivity contribution < 1.29 is 33.1 Å². The summed E-state index contributed by atoms with van der Waals surface area (Å²) in [5.74, 6) is 3.98. The van der Waals surface area contributed by atoms with Crippen LogP contribution >= 0.6 is 23.2 Å². The zero-order valence-corrected chi connectivity index (χ0v) is 39.3. The minimum absolute atomic E-state index is 0.00721. The number of imide groups is 1. The maximum absolute atomic E-state index is 16.3. The molecule has 348 valence electrons. The highest BCUT2D eigenvalue weighted by molar-refractivity contribution is 6.31. The second-order valence-corrected chi connectivity index (χ2v) is 20.4. The summed E-state index contributed by atoms with van der Waals surface area (Å²) in [4.78, 5) is 67.7. The van der Waals surface area contributed by atoms with Crippen LogP contribution in [-0.2, 0) is 26.3 Å². The van der Waals surface area contributed by atoms with Gasteiger partial charge in [-0.3, -0.25) is 29.3 Å². The largest absolute Gasteiger partial charge is 0.495 e. The standard InChI is InChI=1S/C52H53Cl2FN6O6/c1-51(2,3)25-42-52(27-56-39-24-31(53)17-18-36(39)52)44(34-12-7-13-37(54)45(34)55)46(59-42)49(65)58-38-19-16-30(23-41(38)67-4)47(63)57-32-10-5-8-28(22-32)14-15-29-9-6-11-33-35(29)26-61(50(33)66)40-20-21-43(62)60-48(40)64/h6-7,9,11-13,16-19,23-24,28,32,40,42,44,46,56,59H,5,8,10,20-22,25-27H2,1-4H3,(H,57,63)(H,58,65)(H,60,62,64)/t28-,32-,40?,42-,44-,46+,52-/m0/s1. The van der Waals surface area contributed by atoms with Crippen molar-refractivity contribution in [1.82, 2.24) is 20.9 Å². The predicted molar refractivity (Wildman–Crippen MR) is 255 cm³/mol. The summed E-state index contributed by atoms with van der Waals surface area (Å²) in [7, 11) is 1.47. The minimum Gasteiger partial charge on any atom is -0.495 e. The van der Waals surface area contributed by atoms with E-state index in [1.165, 1.54) is 18.1 Å². The number of halogens is 3. The first kappa shape index (κ1) is 46.2. The van der Waals surface area contributed by atoms with Gasteiger partial charge in [0.15, 0.2) is 0 Å². The Morgan fingerprint density at radius 3 is 2.58 bits per heavy atom. The molecule has 4 aromatic rings. The van der Waals surface area contributed by atoms with Gasteiger partial charge in [-0.25, -0.2) is 4.39 Å². The van der Waals surface area contributed by atoms with Crippen LogP contribution in [0.3, 0.4) is 0 Å². The van der Waals surface area contributed by atoms with Gasteiger partial charge in [0, 0.05) is 76.2 Å². The first-order valence-corrected chi connectivity index (χ1v) is 23.6. The van der Waals surface area contributed by atoms with Crippen molar-refractivity contribution in [2.75, 3.05) is 24.3 Å². The van der Waals surface area contributed by atoms with Gasteiger partial charge in [-0.1, -0.05) is 86.5 Å². The van der Waals surface area contributed by atoms with Crippen LogP contribution in [0.4, 0.5) is 15.8 Å². The normalized spacial score (nSPS) is 25.4. The van der Waals surface area contributed by atoms with E-state index in [0.717, 1.165) is 41.6 Å². The van der Waals surface area contributed by atoms with Gasteiger partial charge in [0.2, 0.25) is 17.7 Å². The number of rotatable bonds is 8. The monoisotopic (exact) mass is 946 g/mol. The summed E-state index contributed by atoms with van der Waals surface area (Å²) in [5, 5.41) is 16.3. The van der Waals surface area contributed by atoms with Gasteiger partial charge < -0.3 is 30.9 Å². The lowest BCUT2D eigenvalue weighted by Gasteiger charge is -2.39. The van der Waals surface area contributed by atoms with Crippen LogP contribution in [-0.4, -0.2) is 72.3 Å². The van der Waals surface area contributed by atoms with E-state index >= 15 is 4.39 Å². The Kier molecular flexibility index (Phi) is 12.6. The number of amides is 5. The predicted octanol–water partition coefficient (Wildman–Crippen LogP) is 8.10. The summed E-state index contributed by atoms with van der Waals surface area (Å²) in [6.45, 7) is 7.10. The fraction of sp³-hybridized carbons (Fsp3) is 0.404. The summed E-state index contributed by atoms with van der Waals surface area (Å²) in [5.41, 5.74) is 3.88. The quantitative estimate of drug-likeness (QED) is 0.0877. The SMILES string of the molecule is COc1cc(C(=O)N[C@H]2CCC[C@@H](C#Cc3cccc4c3CN(C3CCC(=O)NC3=O)C4=O)C2)ccc1NC(=O)[C@@H]1N[C@@H](CC(C)(C)C)[C@@]2(CNc3cc(Cl)ccc32)[C@H]1c1cccc(Cl)c1F. The highest BCUT2D eigenvalue weighted by Gasteiger charge is 2.61. The van der Waals surface area contributed by atoms with Gasteiger partial charge in [0.25, 0.3) is 11.8 Å². The number of carbonyl (C=O) groups is 5. The lowest BCUT2D eigenvalue weighted by Crippen LogP contribution is -2.52. The Balaban J connectivity index is 0.907. The molecular weight excluding hydrogens is 895 g/mol. The first-order valence-electron chi connectivity index (χ1n) is 22.9. The second-order valence-electron chi connectivity index (χ2n) is 19.6. The Morgan fingerprint density at radius 1 is 1.00 bits per heavy atom. The van der Waals surface area contributed by atoms with Crippen LogP contribution in [0.1, 0.15) is 115 Å². The molecule has 1 unspecified atom stereocenters. The summed E-state index contributed by atoms with van der Waals surface area (Å²) < 4.78 is 22.1. The third-order valence-electron chi connectivity index (χ3n) is 14.1. The lowest BCUT2D eigenvalue weighted by atomic mass is 9.63. The topological polar surface area (TPSA) is 158 Å². The summed E-state index contributed by atoms with van der Waals surface area (Å²) in [6, 6.07) is 18.9. The Bertz CT molecular complexity index is 2770. The molecule has 15 heteroatoms. The number of benzene rings is 4. The molecule has 0 radical (unpaired) electrons. The van der Waals surface area contributed by atoms with E-state index in [0.29, 0.717) is 46.8 Å². The lowest BCUT2D eigenvalue weighted by molar-refractivity contribution is -0.137. The van der Waals surface area contributed by atoms with Crippen molar-refractivity contribution in [3.63, 3.8) is 0 Å². The van der Waals surface area contributed by atoms with Gasteiger partial charge in [-0.2, -0.15) is 0 Å². The van der Waals surface area contributed by atoms with Crippen LogP contribution < -0.4 is 31.3 Å². The molecule has 9 rings (SSSR count). The molecule has 0 aromatic heterocycles. The van der Waals surface area contributed by atoms with Crippen LogP contribution in [0.5, 0.6) is 5.75 Å². The van der Waals surface area contributed by atoms with Gasteiger partial charge in [-0.15, -0.1) is 0 Å². The fourth-order valence-electron chi connectivity index (χ4n) is 11.0. The van der Waals surface area contributed by atoms with E-state index in [1.54, 1.807) is 42.5 Å². The number of nitrogens with zero attached hydrogens (tertiary/aromatic N) is 1. The fourth-order valence-corrected chi connectivity index (χ4v) is 11.4. The number of fused-ring (bicyclic) bond motifs is 3. The van der Waals surface area contributed by atoms with E-state index in [2.05, 4.69) is 59.2 Å². The Labute approximate surface area is 399 Å². The van der Waals surface area contributed by atoms with Crippen molar-refractivity contribution in [3.8, 4) is 17.6 Å². The third-order valence-corrected chi connectivity index (χ3v) is 14.6. The molecule has 0 bridgehead atoms. The smallest absolute Gasteiger partial charge is 0.255 e. The van der Waals surface area contributed by atoms with E-state index < -0.39 is 41.0 Å². The number of ether oxygens (including phenoxy) is 1. The molecule has 1 spiro atoms. The van der Waals surface area contributed by atoms with Gasteiger partial charge in [0.05, 0.1) is 23.9 Å². The number of carbonyl (C=O) groups excluding carboxylic acids is 5. The van der Waals surface area contributed by atoms with Crippen LogP contribution in [0.15, 0.2) is 72.8 Å². The average molecular weight is 948 g/mol. The van der Waals surface area contributed by atoms with E-state index in [4.69, 9.17) is 27.9 Å². The van der Waals surface area contributed by atoms with Crippen molar-refractivity contribution in [2.45, 2.75) is 108 Å². The number of methoxy groups -OCH3 is 1. The molecule has 1 saturated carbocycles. The highest BCUT2D eigenvalue weighted by Crippen LogP contribution is 2.57. The zero-order chi connectivity index (χ0) is 47.4. The molecule has 5 aliphatic rings. The summed E-state index contributed by atoms with van der Waals surface area (Å²) in [6.07, 6.45) is 4.26. The molecular formula is C52H53Cl2FN6O6. The molecule has 5 N–H and O–H groups in total. The van der Waals surface area contributed by atoms with Crippen molar-refractivity contribution in [3.05, 3.63) is 122 Å². The maximum Gasteiger partial charge on any atom is 0.255 e. The number of hydrogen-bond donors (Lipinski definition) is 5. The molecule has 67 heavy (non-hydrogen) atoms. The molecule has 3 fully saturated rings. The van der Waals surface area contributed by atoms with Gasteiger partial charge >= 0.3 is 0 Å². The van der Waals surface area contributed by atoms with Crippen molar-refractivity contribution in [2.24, 2.45) is 11.3 Å². The van der Waals surface area contributed by atoms with E-state index in [1.807, 2.05) is 24.3 Å². The van der Waals surface area contributed by atoms with Crippen molar-refractivity contribution >= 4 is 64.1 Å². The summed E-state index contributed by atoms with van der Waals surface area (Å²) >= 11 is 12.9. The zero-order valence-electron chi connectivity index (χ0n) is 37.8. The number of nitrogens with one attached hydrogen (secondary N) is 5. The number of hydrogen-bond acceptors (Lipinski definition) is 8. The van der Waals surface area contributed by atoms with Crippen molar-refractivity contribution in [1.29, 1.82) is 0 Å². The first-order chi connectivity index (χ1) is 32.0. The third kappa shape index (κ3) is 8.87.